The van der Waals surface area contributed by atoms with Gasteiger partial charge < -0.3 is 0 Å². The number of nitrogens with zero attached hydrogens (tertiary/aromatic N) is 1. The van der Waals surface area contributed by atoms with Crippen LogP contribution in [0.2, 0.25) is 5.02 Å². The summed E-state index contributed by atoms with van der Waals surface area (Å²) in [5, 5.41) is 0.527. The maximum absolute atomic E-state index is 13.2. The van der Waals surface area contributed by atoms with E-state index in [9.17, 15) is 4.39 Å². The van der Waals surface area contributed by atoms with Gasteiger partial charge in [0.15, 0.2) is 5.82 Å². The molecule has 0 bridgehead atoms. The molecule has 12 heavy (non-hydrogen) atoms. The number of aromatic nitrogens is 1. The lowest BCUT2D eigenvalue weighted by Gasteiger charge is -1.98. The molecule has 0 fully saturated rings. The van der Waals surface area contributed by atoms with Crippen LogP contribution in [0.15, 0.2) is 30.5 Å². The first-order chi connectivity index (χ1) is 5.79. The number of rotatable bonds is 0. The summed E-state index contributed by atoms with van der Waals surface area (Å²) in [6.45, 7) is 0. The van der Waals surface area contributed by atoms with Gasteiger partial charge >= 0.3 is 0 Å². The zero-order valence-corrected chi connectivity index (χ0v) is 6.85. The fraction of sp³-hybridized carbons (Fsp3) is 0. The van der Waals surface area contributed by atoms with Crippen LogP contribution in [0.3, 0.4) is 0 Å². The lowest BCUT2D eigenvalue weighted by molar-refractivity contribution is 0.639. The molecule has 0 saturated heterocycles. The molecule has 0 aliphatic rings. The standard InChI is InChI=1S/C9H5ClFN/c10-7-5-12-8-4-2-1-3-6(8)9(7)11/h1-5H. The molecular formula is C9H5ClFN. The highest BCUT2D eigenvalue weighted by Gasteiger charge is 2.04. The second-order valence-electron chi connectivity index (χ2n) is 2.44. The van der Waals surface area contributed by atoms with Crippen molar-refractivity contribution in [2.45, 2.75) is 0 Å². The number of fused-ring (bicyclic) bond motifs is 1. The van der Waals surface area contributed by atoms with E-state index in [-0.39, 0.29) is 5.02 Å². The zero-order valence-electron chi connectivity index (χ0n) is 6.09. The van der Waals surface area contributed by atoms with Crippen LogP contribution in [-0.4, -0.2) is 4.98 Å². The van der Waals surface area contributed by atoms with Gasteiger partial charge in [0.05, 0.1) is 10.5 Å². The molecule has 3 heteroatoms. The quantitative estimate of drug-likeness (QED) is 0.609. The highest BCUT2D eigenvalue weighted by atomic mass is 35.5. The molecule has 1 nitrogen and oxygen atoms in total. The van der Waals surface area contributed by atoms with Crippen molar-refractivity contribution in [2.75, 3.05) is 0 Å². The van der Waals surface area contributed by atoms with Gasteiger partial charge in [-0.3, -0.25) is 4.98 Å². The van der Waals surface area contributed by atoms with Crippen LogP contribution in [0.1, 0.15) is 0 Å². The van der Waals surface area contributed by atoms with E-state index >= 15 is 0 Å². The summed E-state index contributed by atoms with van der Waals surface area (Å²) in [7, 11) is 0. The zero-order chi connectivity index (χ0) is 8.55. The van der Waals surface area contributed by atoms with Crippen LogP contribution in [0.5, 0.6) is 0 Å². The average molecular weight is 182 g/mol. The van der Waals surface area contributed by atoms with E-state index in [0.717, 1.165) is 0 Å². The summed E-state index contributed by atoms with van der Waals surface area (Å²) in [6, 6.07) is 6.96. The van der Waals surface area contributed by atoms with Crippen molar-refractivity contribution in [1.82, 2.24) is 4.98 Å². The first-order valence-electron chi connectivity index (χ1n) is 3.48. The van der Waals surface area contributed by atoms with E-state index in [1.165, 1.54) is 6.20 Å². The van der Waals surface area contributed by atoms with Crippen molar-refractivity contribution in [2.24, 2.45) is 0 Å². The molecule has 2 aromatic rings. The molecule has 0 atom stereocenters. The number of pyridine rings is 1. The Morgan fingerprint density at radius 1 is 1.25 bits per heavy atom. The molecule has 0 N–H and O–H groups in total. The molecule has 0 amide bonds. The highest BCUT2D eigenvalue weighted by Crippen LogP contribution is 2.21. The molecule has 0 unspecified atom stereocenters. The van der Waals surface area contributed by atoms with Gasteiger partial charge in [-0.1, -0.05) is 23.7 Å². The van der Waals surface area contributed by atoms with Crippen LogP contribution < -0.4 is 0 Å². The number of halogens is 2. The minimum Gasteiger partial charge on any atom is -0.254 e. The second kappa shape index (κ2) is 2.72. The average Bonchev–Trinajstić information content (AvgIpc) is 2.12. The summed E-state index contributed by atoms with van der Waals surface area (Å²) >= 11 is 5.55. The molecule has 1 aromatic heterocycles. The molecule has 1 aromatic carbocycles. The molecule has 60 valence electrons. The molecule has 1 heterocycles. The van der Waals surface area contributed by atoms with Gasteiger partial charge in [0, 0.05) is 11.6 Å². The van der Waals surface area contributed by atoms with E-state index in [4.69, 9.17) is 11.6 Å². The van der Waals surface area contributed by atoms with Gasteiger partial charge in [0.25, 0.3) is 0 Å². The van der Waals surface area contributed by atoms with Gasteiger partial charge in [0.1, 0.15) is 0 Å². The van der Waals surface area contributed by atoms with Crippen LogP contribution >= 0.6 is 11.6 Å². The molecular weight excluding hydrogens is 177 g/mol. The van der Waals surface area contributed by atoms with Gasteiger partial charge in [0.2, 0.25) is 0 Å². The van der Waals surface area contributed by atoms with Gasteiger partial charge in [-0.15, -0.1) is 0 Å². The van der Waals surface area contributed by atoms with E-state index in [1.54, 1.807) is 18.2 Å². The minimum absolute atomic E-state index is 0.0636. The maximum atomic E-state index is 13.2. The number of hydrogen-bond acceptors (Lipinski definition) is 1. The first-order valence-corrected chi connectivity index (χ1v) is 3.85. The smallest absolute Gasteiger partial charge is 0.152 e. The van der Waals surface area contributed by atoms with Gasteiger partial charge in [-0.05, 0) is 12.1 Å². The summed E-state index contributed by atoms with van der Waals surface area (Å²) in [4.78, 5) is 3.97. The van der Waals surface area contributed by atoms with Crippen LogP contribution in [0.25, 0.3) is 10.9 Å². The SMILES string of the molecule is Fc1c(Cl)cnc2ccccc12. The monoisotopic (exact) mass is 181 g/mol. The Labute approximate surface area is 73.8 Å². The molecule has 0 spiro atoms. The number of hydrogen-bond donors (Lipinski definition) is 0. The Balaban J connectivity index is 2.91. The summed E-state index contributed by atoms with van der Waals surface area (Å²) in [6.07, 6.45) is 1.32. The normalized spacial score (nSPS) is 10.5. The van der Waals surface area contributed by atoms with Crippen molar-refractivity contribution in [3.8, 4) is 0 Å². The third kappa shape index (κ3) is 1.04. The Kier molecular flexibility index (Phi) is 1.70. The number of para-hydroxylation sites is 1. The van der Waals surface area contributed by atoms with Crippen molar-refractivity contribution in [1.29, 1.82) is 0 Å². The van der Waals surface area contributed by atoms with E-state index < -0.39 is 5.82 Å². The van der Waals surface area contributed by atoms with Crippen molar-refractivity contribution in [3.05, 3.63) is 41.3 Å². The maximum Gasteiger partial charge on any atom is 0.152 e. The van der Waals surface area contributed by atoms with Gasteiger partial charge in [-0.25, -0.2) is 4.39 Å². The summed E-state index contributed by atoms with van der Waals surface area (Å²) in [5.74, 6) is -0.401. The summed E-state index contributed by atoms with van der Waals surface area (Å²) < 4.78 is 13.2. The second-order valence-corrected chi connectivity index (χ2v) is 2.84. The topological polar surface area (TPSA) is 12.9 Å². The first kappa shape index (κ1) is 7.50. The lowest BCUT2D eigenvalue weighted by atomic mass is 10.2. The Morgan fingerprint density at radius 2 is 2.00 bits per heavy atom. The molecule has 0 aliphatic heterocycles. The van der Waals surface area contributed by atoms with E-state index in [2.05, 4.69) is 4.98 Å². The number of benzene rings is 1. The van der Waals surface area contributed by atoms with Crippen LogP contribution in [0, 0.1) is 5.82 Å². The lowest BCUT2D eigenvalue weighted by Crippen LogP contribution is -1.84. The Bertz CT molecular complexity index is 428. The highest BCUT2D eigenvalue weighted by molar-refractivity contribution is 6.31. The predicted molar refractivity (Wildman–Crippen MR) is 46.7 cm³/mol. The summed E-state index contributed by atoms with van der Waals surface area (Å²) in [5.41, 5.74) is 0.624. The van der Waals surface area contributed by atoms with Crippen molar-refractivity contribution >= 4 is 22.5 Å². The van der Waals surface area contributed by atoms with Crippen molar-refractivity contribution < 1.29 is 4.39 Å². The van der Waals surface area contributed by atoms with Gasteiger partial charge in [-0.2, -0.15) is 0 Å². The minimum atomic E-state index is -0.401. The van der Waals surface area contributed by atoms with Crippen LogP contribution in [0.4, 0.5) is 4.39 Å². The Hall–Kier alpha value is -1.15. The van der Waals surface area contributed by atoms with E-state index in [1.807, 2.05) is 6.07 Å². The van der Waals surface area contributed by atoms with Crippen molar-refractivity contribution in [3.63, 3.8) is 0 Å². The third-order valence-corrected chi connectivity index (χ3v) is 1.93. The fourth-order valence-corrected chi connectivity index (χ4v) is 1.23. The fourth-order valence-electron chi connectivity index (χ4n) is 1.08. The largest absolute Gasteiger partial charge is 0.254 e. The predicted octanol–water partition coefficient (Wildman–Crippen LogP) is 3.03. The molecule has 0 radical (unpaired) electrons. The third-order valence-electron chi connectivity index (χ3n) is 1.67. The van der Waals surface area contributed by atoms with E-state index in [0.29, 0.717) is 10.9 Å². The Morgan fingerprint density at radius 3 is 2.83 bits per heavy atom. The molecule has 0 aliphatic carbocycles. The molecule has 2 rings (SSSR count). The molecule has 0 saturated carbocycles. The van der Waals surface area contributed by atoms with Crippen LogP contribution in [-0.2, 0) is 0 Å².